The second-order valence-corrected chi connectivity index (χ2v) is 7.78. The van der Waals surface area contributed by atoms with E-state index in [1.807, 2.05) is 36.1 Å². The van der Waals surface area contributed by atoms with Crippen LogP contribution < -0.4 is 9.64 Å². The summed E-state index contributed by atoms with van der Waals surface area (Å²) in [6.07, 6.45) is 2.23. The SMILES string of the molecule is COc1ccc(CN2C(=O)Cc3c(C)nc([C@H]4CCCN(C(C)=O)C4)nc32)cc1. The van der Waals surface area contributed by atoms with E-state index in [1.165, 1.54) is 0 Å². The number of fused-ring (bicyclic) bond motifs is 1. The maximum Gasteiger partial charge on any atom is 0.233 e. The molecule has 1 fully saturated rings. The number of ether oxygens (including phenoxy) is 1. The number of hydrogen-bond acceptors (Lipinski definition) is 5. The molecule has 0 unspecified atom stereocenters. The number of piperidine rings is 1. The molecule has 0 radical (unpaired) electrons. The van der Waals surface area contributed by atoms with Crippen molar-refractivity contribution < 1.29 is 14.3 Å². The molecule has 0 saturated carbocycles. The van der Waals surface area contributed by atoms with E-state index >= 15 is 0 Å². The van der Waals surface area contributed by atoms with E-state index in [4.69, 9.17) is 14.7 Å². The molecule has 7 heteroatoms. The number of anilines is 1. The minimum atomic E-state index is 0.0411. The Bertz CT molecular complexity index is 942. The third-order valence-corrected chi connectivity index (χ3v) is 5.83. The quantitative estimate of drug-likeness (QED) is 0.797. The third-order valence-electron chi connectivity index (χ3n) is 5.83. The molecule has 7 nitrogen and oxygen atoms in total. The Hall–Kier alpha value is -2.96. The van der Waals surface area contributed by atoms with Gasteiger partial charge in [-0.2, -0.15) is 0 Å². The van der Waals surface area contributed by atoms with Crippen LogP contribution in [-0.2, 0) is 22.6 Å². The van der Waals surface area contributed by atoms with Crippen LogP contribution in [0.25, 0.3) is 0 Å². The molecule has 1 aromatic heterocycles. The number of carbonyl (C=O) groups is 2. The number of methoxy groups -OCH3 is 1. The second-order valence-electron chi connectivity index (χ2n) is 7.78. The lowest BCUT2D eigenvalue weighted by atomic mass is 9.96. The molecule has 4 rings (SSSR count). The molecule has 2 aliphatic heterocycles. The molecule has 0 aliphatic carbocycles. The fourth-order valence-corrected chi connectivity index (χ4v) is 4.13. The average Bonchev–Trinajstić information content (AvgIpc) is 3.04. The van der Waals surface area contributed by atoms with Gasteiger partial charge in [0.1, 0.15) is 17.4 Å². The molecule has 0 N–H and O–H groups in total. The molecular weight excluding hydrogens is 368 g/mol. The van der Waals surface area contributed by atoms with Gasteiger partial charge in [-0.1, -0.05) is 12.1 Å². The van der Waals surface area contributed by atoms with Gasteiger partial charge < -0.3 is 9.64 Å². The smallest absolute Gasteiger partial charge is 0.233 e. The molecule has 1 saturated heterocycles. The zero-order chi connectivity index (χ0) is 20.5. The summed E-state index contributed by atoms with van der Waals surface area (Å²) >= 11 is 0. The van der Waals surface area contributed by atoms with E-state index in [-0.39, 0.29) is 17.7 Å². The molecule has 0 spiro atoms. The van der Waals surface area contributed by atoms with E-state index in [0.29, 0.717) is 25.3 Å². The molecule has 2 aromatic rings. The Balaban J connectivity index is 1.62. The Morgan fingerprint density at radius 3 is 2.69 bits per heavy atom. The zero-order valence-corrected chi connectivity index (χ0v) is 17.1. The van der Waals surface area contributed by atoms with Crippen LogP contribution in [0.1, 0.15) is 48.3 Å². The lowest BCUT2D eigenvalue weighted by Gasteiger charge is -2.31. The zero-order valence-electron chi connectivity index (χ0n) is 17.1. The van der Waals surface area contributed by atoms with Gasteiger partial charge in [-0.25, -0.2) is 9.97 Å². The van der Waals surface area contributed by atoms with Crippen LogP contribution in [0, 0.1) is 6.92 Å². The van der Waals surface area contributed by atoms with E-state index < -0.39 is 0 Å². The number of nitrogens with zero attached hydrogens (tertiary/aromatic N) is 4. The van der Waals surface area contributed by atoms with Crippen molar-refractivity contribution in [3.63, 3.8) is 0 Å². The van der Waals surface area contributed by atoms with Crippen molar-refractivity contribution in [2.24, 2.45) is 0 Å². The number of likely N-dealkylation sites (tertiary alicyclic amines) is 1. The van der Waals surface area contributed by atoms with Crippen LogP contribution in [-0.4, -0.2) is 46.9 Å². The van der Waals surface area contributed by atoms with E-state index in [9.17, 15) is 9.59 Å². The molecular formula is C22H26N4O3. The third kappa shape index (κ3) is 3.81. The first-order valence-corrected chi connectivity index (χ1v) is 10.0. The summed E-state index contributed by atoms with van der Waals surface area (Å²) in [7, 11) is 1.63. The molecule has 29 heavy (non-hydrogen) atoms. The van der Waals surface area contributed by atoms with Crippen molar-refractivity contribution in [1.29, 1.82) is 0 Å². The number of aryl methyl sites for hydroxylation is 1. The van der Waals surface area contributed by atoms with Gasteiger partial charge in [0.25, 0.3) is 0 Å². The topological polar surface area (TPSA) is 75.6 Å². The summed E-state index contributed by atoms with van der Waals surface area (Å²) < 4.78 is 5.21. The summed E-state index contributed by atoms with van der Waals surface area (Å²) in [5.74, 6) is 2.48. The normalized spacial score (nSPS) is 18.7. The lowest BCUT2D eigenvalue weighted by Crippen LogP contribution is -2.38. The number of benzene rings is 1. The Kier molecular flexibility index (Phi) is 5.22. The molecule has 2 aliphatic rings. The van der Waals surface area contributed by atoms with Gasteiger partial charge in [0.05, 0.1) is 20.1 Å². The molecule has 3 heterocycles. The van der Waals surface area contributed by atoms with Gasteiger partial charge in [0, 0.05) is 37.2 Å². The Labute approximate surface area is 170 Å². The molecule has 1 aromatic carbocycles. The van der Waals surface area contributed by atoms with E-state index in [0.717, 1.165) is 47.8 Å². The van der Waals surface area contributed by atoms with E-state index in [2.05, 4.69) is 0 Å². The standard InChI is InChI=1S/C22H26N4O3/c1-14-19-11-20(28)26(12-16-6-8-18(29-3)9-7-16)22(19)24-21(23-14)17-5-4-10-25(13-17)15(2)27/h6-9,17H,4-5,10-13H2,1-3H3/t17-/m0/s1. The largest absolute Gasteiger partial charge is 0.497 e. The minimum absolute atomic E-state index is 0.0411. The number of rotatable bonds is 4. The van der Waals surface area contributed by atoms with Crippen molar-refractivity contribution in [3.8, 4) is 5.75 Å². The predicted octanol–water partition coefficient (Wildman–Crippen LogP) is 2.61. The van der Waals surface area contributed by atoms with Crippen molar-refractivity contribution in [2.45, 2.75) is 45.6 Å². The second kappa shape index (κ2) is 7.81. The van der Waals surface area contributed by atoms with Crippen LogP contribution in [0.5, 0.6) is 5.75 Å². The summed E-state index contributed by atoms with van der Waals surface area (Å²) in [5, 5.41) is 0. The predicted molar refractivity (Wildman–Crippen MR) is 109 cm³/mol. The molecule has 2 amide bonds. The van der Waals surface area contributed by atoms with Gasteiger partial charge in [0.2, 0.25) is 11.8 Å². The fraction of sp³-hybridized carbons (Fsp3) is 0.455. The van der Waals surface area contributed by atoms with Crippen LogP contribution in [0.2, 0.25) is 0 Å². The lowest BCUT2D eigenvalue weighted by molar-refractivity contribution is -0.130. The highest BCUT2D eigenvalue weighted by molar-refractivity contribution is 6.00. The number of amides is 2. The monoisotopic (exact) mass is 394 g/mol. The Morgan fingerprint density at radius 1 is 1.24 bits per heavy atom. The van der Waals surface area contributed by atoms with Gasteiger partial charge >= 0.3 is 0 Å². The fourth-order valence-electron chi connectivity index (χ4n) is 4.13. The molecule has 1 atom stereocenters. The minimum Gasteiger partial charge on any atom is -0.497 e. The summed E-state index contributed by atoms with van der Waals surface area (Å²) in [6, 6.07) is 7.72. The number of hydrogen-bond donors (Lipinski definition) is 0. The van der Waals surface area contributed by atoms with Gasteiger partial charge in [0.15, 0.2) is 0 Å². The van der Waals surface area contributed by atoms with Crippen LogP contribution in [0.4, 0.5) is 5.82 Å². The first-order chi connectivity index (χ1) is 14.0. The van der Waals surface area contributed by atoms with Crippen molar-refractivity contribution in [2.75, 3.05) is 25.1 Å². The van der Waals surface area contributed by atoms with Crippen molar-refractivity contribution >= 4 is 17.6 Å². The van der Waals surface area contributed by atoms with Crippen LogP contribution in [0.15, 0.2) is 24.3 Å². The van der Waals surface area contributed by atoms with E-state index in [1.54, 1.807) is 18.9 Å². The molecule has 152 valence electrons. The average molecular weight is 394 g/mol. The first-order valence-electron chi connectivity index (χ1n) is 10.0. The van der Waals surface area contributed by atoms with Gasteiger partial charge in [-0.15, -0.1) is 0 Å². The maximum absolute atomic E-state index is 12.7. The van der Waals surface area contributed by atoms with Crippen molar-refractivity contribution in [1.82, 2.24) is 14.9 Å². The van der Waals surface area contributed by atoms with Crippen LogP contribution in [0.3, 0.4) is 0 Å². The van der Waals surface area contributed by atoms with Gasteiger partial charge in [-0.05, 0) is 37.5 Å². The highest BCUT2D eigenvalue weighted by Crippen LogP contribution is 2.33. The highest BCUT2D eigenvalue weighted by atomic mass is 16.5. The first kappa shape index (κ1) is 19.4. The number of aromatic nitrogens is 2. The van der Waals surface area contributed by atoms with Crippen LogP contribution >= 0.6 is 0 Å². The number of carbonyl (C=O) groups excluding carboxylic acids is 2. The van der Waals surface area contributed by atoms with Crippen molar-refractivity contribution in [3.05, 3.63) is 46.9 Å². The molecule has 0 bridgehead atoms. The Morgan fingerprint density at radius 2 is 2.00 bits per heavy atom. The highest BCUT2D eigenvalue weighted by Gasteiger charge is 2.33. The summed E-state index contributed by atoms with van der Waals surface area (Å²) in [5.41, 5.74) is 2.78. The summed E-state index contributed by atoms with van der Waals surface area (Å²) in [4.78, 5) is 37.7. The van der Waals surface area contributed by atoms with Gasteiger partial charge in [-0.3, -0.25) is 14.5 Å². The summed E-state index contributed by atoms with van der Waals surface area (Å²) in [6.45, 7) is 5.44. The maximum atomic E-state index is 12.7.